The zero-order chi connectivity index (χ0) is 23.5. The Kier molecular flexibility index (Phi) is 6.99. The van der Waals surface area contributed by atoms with Crippen LogP contribution in [-0.2, 0) is 9.63 Å². The van der Waals surface area contributed by atoms with Crippen molar-refractivity contribution in [3.8, 4) is 5.75 Å². The Morgan fingerprint density at radius 1 is 1.24 bits per heavy atom. The van der Waals surface area contributed by atoms with Crippen LogP contribution in [0.25, 0.3) is 0 Å². The molecule has 0 aromatic heterocycles. The number of carbonyl (C=O) groups is 2. The van der Waals surface area contributed by atoms with Gasteiger partial charge in [0.2, 0.25) is 5.91 Å². The number of amides is 2. The molecule has 1 fully saturated rings. The average molecular weight is 544 g/mol. The van der Waals surface area contributed by atoms with Crippen molar-refractivity contribution in [1.82, 2.24) is 10.1 Å². The predicted molar refractivity (Wildman–Crippen MR) is 120 cm³/mol. The van der Waals surface area contributed by atoms with Crippen molar-refractivity contribution in [3.63, 3.8) is 0 Å². The minimum absolute atomic E-state index is 0.0249. The molecular weight excluding hydrogens is 526 g/mol. The van der Waals surface area contributed by atoms with Crippen LogP contribution in [0.5, 0.6) is 5.75 Å². The number of likely N-dealkylation sites (tertiary alicyclic amines) is 1. The van der Waals surface area contributed by atoms with Crippen LogP contribution in [0.4, 0.5) is 19.3 Å². The van der Waals surface area contributed by atoms with Crippen LogP contribution in [0.2, 0.25) is 5.02 Å². The molecular formula is C21H18BrClF2N4O4. The zero-order valence-electron chi connectivity index (χ0n) is 17.0. The SMILES string of the molecule is O=C(Nc1ccc(OC(F)F)c(Cl)c1)ON1CC(N2CCCC2=O)C(c2ccc(Br)cc2)=N1. The number of hydrogen-bond acceptors (Lipinski definition) is 6. The van der Waals surface area contributed by atoms with Gasteiger partial charge in [-0.25, -0.2) is 4.79 Å². The maximum Gasteiger partial charge on any atom is 0.437 e. The van der Waals surface area contributed by atoms with Crippen LogP contribution in [-0.4, -0.2) is 53.5 Å². The Balaban J connectivity index is 1.47. The van der Waals surface area contributed by atoms with Gasteiger partial charge in [0.15, 0.2) is 0 Å². The second-order valence-electron chi connectivity index (χ2n) is 7.26. The summed E-state index contributed by atoms with van der Waals surface area (Å²) < 4.78 is 29.9. The smallest absolute Gasteiger partial charge is 0.433 e. The van der Waals surface area contributed by atoms with Gasteiger partial charge in [0.1, 0.15) is 12.3 Å². The minimum atomic E-state index is -3.02. The highest BCUT2D eigenvalue weighted by Crippen LogP contribution is 2.29. The molecule has 2 aliphatic rings. The predicted octanol–water partition coefficient (Wildman–Crippen LogP) is 4.88. The monoisotopic (exact) mass is 542 g/mol. The molecule has 174 valence electrons. The normalized spacial score (nSPS) is 18.0. The molecule has 12 heteroatoms. The first kappa shape index (κ1) is 23.2. The highest BCUT2D eigenvalue weighted by atomic mass is 79.9. The second kappa shape index (κ2) is 9.92. The van der Waals surface area contributed by atoms with E-state index in [9.17, 15) is 18.4 Å². The van der Waals surface area contributed by atoms with Gasteiger partial charge < -0.3 is 14.5 Å². The summed E-state index contributed by atoms with van der Waals surface area (Å²) in [6, 6.07) is 10.9. The number of alkyl halides is 2. The van der Waals surface area contributed by atoms with Crippen molar-refractivity contribution < 1.29 is 27.9 Å². The second-order valence-corrected chi connectivity index (χ2v) is 8.58. The van der Waals surface area contributed by atoms with Gasteiger partial charge in [0.05, 0.1) is 16.8 Å². The molecule has 1 N–H and O–H groups in total. The van der Waals surface area contributed by atoms with Crippen LogP contribution in [0.1, 0.15) is 18.4 Å². The molecule has 2 aliphatic heterocycles. The van der Waals surface area contributed by atoms with E-state index < -0.39 is 12.7 Å². The van der Waals surface area contributed by atoms with E-state index in [0.717, 1.165) is 21.6 Å². The summed E-state index contributed by atoms with van der Waals surface area (Å²) in [5.74, 6) is -0.191. The van der Waals surface area contributed by atoms with Crippen LogP contribution >= 0.6 is 27.5 Å². The largest absolute Gasteiger partial charge is 0.437 e. The standard InChI is InChI=1S/C21H18BrClF2N4O4/c22-13-5-3-12(4-6-13)19-16(28-9-1-2-18(28)30)11-29(27-19)33-21(31)26-14-7-8-17(15(23)10-14)32-20(24)25/h3-8,10,16,20H,1-2,9,11H2,(H,26,31). The average Bonchev–Trinajstić information content (AvgIpc) is 3.36. The Morgan fingerprint density at radius 2 is 2.00 bits per heavy atom. The summed E-state index contributed by atoms with van der Waals surface area (Å²) in [5.41, 5.74) is 1.63. The van der Waals surface area contributed by atoms with Crippen molar-refractivity contribution >= 4 is 50.9 Å². The molecule has 0 aliphatic carbocycles. The molecule has 1 unspecified atom stereocenters. The van der Waals surface area contributed by atoms with Gasteiger partial charge in [0.25, 0.3) is 0 Å². The van der Waals surface area contributed by atoms with Crippen molar-refractivity contribution in [1.29, 1.82) is 0 Å². The molecule has 2 amide bonds. The minimum Gasteiger partial charge on any atom is -0.433 e. The first-order chi connectivity index (χ1) is 15.8. The van der Waals surface area contributed by atoms with E-state index in [1.807, 2.05) is 24.3 Å². The fraction of sp³-hybridized carbons (Fsp3) is 0.286. The van der Waals surface area contributed by atoms with Gasteiger partial charge in [-0.15, -0.1) is 10.3 Å². The molecule has 4 rings (SSSR count). The Bertz CT molecular complexity index is 1090. The number of carbonyl (C=O) groups excluding carboxylic acids is 2. The fourth-order valence-corrected chi connectivity index (χ4v) is 4.13. The summed E-state index contributed by atoms with van der Waals surface area (Å²) in [7, 11) is 0. The van der Waals surface area contributed by atoms with E-state index in [0.29, 0.717) is 18.7 Å². The highest BCUT2D eigenvalue weighted by molar-refractivity contribution is 9.10. The molecule has 0 saturated carbocycles. The van der Waals surface area contributed by atoms with E-state index in [4.69, 9.17) is 16.4 Å². The van der Waals surface area contributed by atoms with E-state index in [1.54, 1.807) is 4.90 Å². The van der Waals surface area contributed by atoms with Crippen molar-refractivity contribution in [2.75, 3.05) is 18.4 Å². The quantitative estimate of drug-likeness (QED) is 0.562. The number of benzene rings is 2. The first-order valence-electron chi connectivity index (χ1n) is 9.95. The number of nitrogens with zero attached hydrogens (tertiary/aromatic N) is 3. The van der Waals surface area contributed by atoms with Crippen molar-refractivity contribution in [2.24, 2.45) is 5.10 Å². The Hall–Kier alpha value is -2.92. The number of hydrazone groups is 1. The lowest BCUT2D eigenvalue weighted by molar-refractivity contribution is -0.130. The molecule has 2 aromatic carbocycles. The van der Waals surface area contributed by atoms with Gasteiger partial charge in [-0.2, -0.15) is 8.78 Å². The lowest BCUT2D eigenvalue weighted by Gasteiger charge is -2.25. The molecule has 0 spiro atoms. The van der Waals surface area contributed by atoms with E-state index in [-0.39, 0.29) is 35.0 Å². The van der Waals surface area contributed by atoms with E-state index >= 15 is 0 Å². The third kappa shape index (κ3) is 5.53. The zero-order valence-corrected chi connectivity index (χ0v) is 19.4. The number of anilines is 1. The first-order valence-corrected chi connectivity index (χ1v) is 11.1. The van der Waals surface area contributed by atoms with Crippen LogP contribution < -0.4 is 10.1 Å². The molecule has 0 bridgehead atoms. The van der Waals surface area contributed by atoms with E-state index in [2.05, 4.69) is 31.1 Å². The summed E-state index contributed by atoms with van der Waals surface area (Å²) in [5, 5.41) is 7.91. The molecule has 33 heavy (non-hydrogen) atoms. The number of hydrogen-bond donors (Lipinski definition) is 1. The molecule has 1 atom stereocenters. The third-order valence-electron chi connectivity index (χ3n) is 5.07. The van der Waals surface area contributed by atoms with Gasteiger partial charge in [0, 0.05) is 28.7 Å². The summed E-state index contributed by atoms with van der Waals surface area (Å²) >= 11 is 9.30. The Morgan fingerprint density at radius 3 is 2.64 bits per heavy atom. The molecule has 2 aromatic rings. The highest BCUT2D eigenvalue weighted by Gasteiger charge is 2.38. The van der Waals surface area contributed by atoms with Gasteiger partial charge in [-0.1, -0.05) is 39.7 Å². The summed E-state index contributed by atoms with van der Waals surface area (Å²) in [4.78, 5) is 31.8. The van der Waals surface area contributed by atoms with Crippen molar-refractivity contribution in [2.45, 2.75) is 25.5 Å². The fourth-order valence-electron chi connectivity index (χ4n) is 3.64. The number of hydroxylamine groups is 1. The summed E-state index contributed by atoms with van der Waals surface area (Å²) in [6.07, 6.45) is 0.370. The topological polar surface area (TPSA) is 83.5 Å². The molecule has 8 nitrogen and oxygen atoms in total. The molecule has 0 radical (unpaired) electrons. The van der Waals surface area contributed by atoms with Gasteiger partial charge in [-0.05, 0) is 36.8 Å². The van der Waals surface area contributed by atoms with Gasteiger partial charge in [-0.3, -0.25) is 10.1 Å². The number of halogens is 4. The number of nitrogens with one attached hydrogen (secondary N) is 1. The third-order valence-corrected chi connectivity index (χ3v) is 5.90. The van der Waals surface area contributed by atoms with E-state index in [1.165, 1.54) is 18.2 Å². The maximum atomic E-state index is 12.4. The maximum absolute atomic E-state index is 12.4. The molecule has 2 heterocycles. The Labute approximate surface area is 201 Å². The van der Waals surface area contributed by atoms with Crippen molar-refractivity contribution in [3.05, 3.63) is 57.5 Å². The van der Waals surface area contributed by atoms with Crippen LogP contribution in [0.15, 0.2) is 52.0 Å². The number of rotatable bonds is 6. The molecule has 1 saturated heterocycles. The number of ether oxygens (including phenoxy) is 1. The van der Waals surface area contributed by atoms with Gasteiger partial charge >= 0.3 is 12.7 Å². The summed E-state index contributed by atoms with van der Waals surface area (Å²) in [6.45, 7) is -2.24. The lowest BCUT2D eigenvalue weighted by atomic mass is 10.0. The van der Waals surface area contributed by atoms with Crippen LogP contribution in [0.3, 0.4) is 0 Å². The lowest BCUT2D eigenvalue weighted by Crippen LogP contribution is -2.44. The van der Waals surface area contributed by atoms with Crippen LogP contribution in [0, 0.1) is 0 Å².